The van der Waals surface area contributed by atoms with Crippen molar-refractivity contribution in [2.45, 2.75) is 32.4 Å². The molecule has 1 aliphatic rings. The molecule has 0 aromatic heterocycles. The molecule has 1 N–H and O–H groups in total. The average molecular weight is 297 g/mol. The van der Waals surface area contributed by atoms with Crippen LogP contribution in [-0.2, 0) is 6.54 Å². The Morgan fingerprint density at radius 2 is 2.12 bits per heavy atom. The molecule has 1 fully saturated rings. The highest BCUT2D eigenvalue weighted by Gasteiger charge is 2.20. The summed E-state index contributed by atoms with van der Waals surface area (Å²) in [6.45, 7) is 6.79. The van der Waals surface area contributed by atoms with Crippen LogP contribution in [0.1, 0.15) is 25.3 Å². The highest BCUT2D eigenvalue weighted by atomic mass is 79.9. The van der Waals surface area contributed by atoms with Crippen LogP contribution in [0.25, 0.3) is 0 Å². The summed E-state index contributed by atoms with van der Waals surface area (Å²) in [7, 11) is 0. The van der Waals surface area contributed by atoms with Crippen molar-refractivity contribution in [3.05, 3.63) is 34.3 Å². The summed E-state index contributed by atoms with van der Waals surface area (Å²) >= 11 is 3.48. The van der Waals surface area contributed by atoms with Gasteiger partial charge < -0.3 is 5.32 Å². The molecule has 2 rings (SSSR count). The van der Waals surface area contributed by atoms with Gasteiger partial charge in [-0.2, -0.15) is 0 Å². The Hall–Kier alpha value is -0.380. The Morgan fingerprint density at radius 1 is 1.35 bits per heavy atom. The van der Waals surface area contributed by atoms with Gasteiger partial charge in [0, 0.05) is 36.7 Å². The van der Waals surface area contributed by atoms with Crippen molar-refractivity contribution in [1.29, 1.82) is 0 Å². The maximum absolute atomic E-state index is 3.50. The first-order valence-electron chi connectivity index (χ1n) is 6.49. The van der Waals surface area contributed by atoms with E-state index in [-0.39, 0.29) is 0 Å². The Balaban J connectivity index is 1.97. The number of nitrogens with one attached hydrogen (secondary N) is 1. The normalized spacial score (nSPS) is 21.6. The van der Waals surface area contributed by atoms with Crippen LogP contribution in [0.2, 0.25) is 0 Å². The molecular formula is C14H21BrN2. The van der Waals surface area contributed by atoms with Gasteiger partial charge in [0.2, 0.25) is 0 Å². The zero-order valence-corrected chi connectivity index (χ0v) is 12.0. The van der Waals surface area contributed by atoms with E-state index in [1.165, 1.54) is 24.9 Å². The molecule has 2 nitrogen and oxygen atoms in total. The topological polar surface area (TPSA) is 15.3 Å². The summed E-state index contributed by atoms with van der Waals surface area (Å²) < 4.78 is 1.16. The largest absolute Gasteiger partial charge is 0.314 e. The molecule has 1 saturated heterocycles. The zero-order chi connectivity index (χ0) is 12.1. The van der Waals surface area contributed by atoms with Crippen LogP contribution in [0.5, 0.6) is 0 Å². The molecule has 17 heavy (non-hydrogen) atoms. The summed E-state index contributed by atoms with van der Waals surface area (Å²) in [6, 6.07) is 9.40. The van der Waals surface area contributed by atoms with Crippen LogP contribution in [0, 0.1) is 0 Å². The van der Waals surface area contributed by atoms with Crippen molar-refractivity contribution in [3.63, 3.8) is 0 Å². The van der Waals surface area contributed by atoms with E-state index in [1.54, 1.807) is 0 Å². The molecule has 1 unspecified atom stereocenters. The Bertz CT molecular complexity index is 335. The van der Waals surface area contributed by atoms with Gasteiger partial charge >= 0.3 is 0 Å². The fraction of sp³-hybridized carbons (Fsp3) is 0.571. The molecule has 1 heterocycles. The standard InChI is InChI=1S/C14H21BrN2/c1-2-3-14-10-16-8-9-17(14)11-12-4-6-13(15)7-5-12/h4-7,14,16H,2-3,8-11H2,1H3. The molecule has 0 spiro atoms. The Kier molecular flexibility index (Phi) is 5.01. The lowest BCUT2D eigenvalue weighted by atomic mass is 10.1. The molecule has 0 amide bonds. The smallest absolute Gasteiger partial charge is 0.0237 e. The molecule has 94 valence electrons. The molecule has 0 saturated carbocycles. The number of hydrogen-bond acceptors (Lipinski definition) is 2. The van der Waals surface area contributed by atoms with E-state index < -0.39 is 0 Å². The molecule has 1 aliphatic heterocycles. The number of hydrogen-bond donors (Lipinski definition) is 1. The van der Waals surface area contributed by atoms with Crippen molar-refractivity contribution in [2.24, 2.45) is 0 Å². The van der Waals surface area contributed by atoms with Gasteiger partial charge in [-0.3, -0.25) is 4.90 Å². The number of nitrogens with zero attached hydrogens (tertiary/aromatic N) is 1. The third-order valence-electron chi connectivity index (χ3n) is 3.39. The lowest BCUT2D eigenvalue weighted by Crippen LogP contribution is -2.50. The maximum atomic E-state index is 3.50. The van der Waals surface area contributed by atoms with Gasteiger partial charge in [-0.1, -0.05) is 41.4 Å². The minimum Gasteiger partial charge on any atom is -0.314 e. The van der Waals surface area contributed by atoms with Crippen molar-refractivity contribution in [2.75, 3.05) is 19.6 Å². The van der Waals surface area contributed by atoms with E-state index in [2.05, 4.69) is 57.3 Å². The summed E-state index contributed by atoms with van der Waals surface area (Å²) in [6.07, 6.45) is 2.56. The van der Waals surface area contributed by atoms with Crippen LogP contribution >= 0.6 is 15.9 Å². The molecule has 0 aliphatic carbocycles. The monoisotopic (exact) mass is 296 g/mol. The van der Waals surface area contributed by atoms with Gasteiger partial charge in [0.15, 0.2) is 0 Å². The van der Waals surface area contributed by atoms with E-state index in [0.29, 0.717) is 6.04 Å². The maximum Gasteiger partial charge on any atom is 0.0237 e. The van der Waals surface area contributed by atoms with Gasteiger partial charge in [-0.25, -0.2) is 0 Å². The van der Waals surface area contributed by atoms with Crippen LogP contribution in [0.15, 0.2) is 28.7 Å². The zero-order valence-electron chi connectivity index (χ0n) is 10.5. The summed E-state index contributed by atoms with van der Waals surface area (Å²) in [5, 5.41) is 3.50. The average Bonchev–Trinajstić information content (AvgIpc) is 2.35. The second-order valence-electron chi connectivity index (χ2n) is 4.74. The number of benzene rings is 1. The molecule has 3 heteroatoms. The third-order valence-corrected chi connectivity index (χ3v) is 3.92. The van der Waals surface area contributed by atoms with Crippen molar-refractivity contribution in [3.8, 4) is 0 Å². The van der Waals surface area contributed by atoms with Crippen molar-refractivity contribution < 1.29 is 0 Å². The lowest BCUT2D eigenvalue weighted by molar-refractivity contribution is 0.144. The van der Waals surface area contributed by atoms with E-state index in [1.807, 2.05) is 0 Å². The summed E-state index contributed by atoms with van der Waals surface area (Å²) in [5.41, 5.74) is 1.41. The molecule has 0 radical (unpaired) electrons. The molecule has 0 bridgehead atoms. The molecule has 1 aromatic carbocycles. The van der Waals surface area contributed by atoms with E-state index in [0.717, 1.165) is 24.1 Å². The van der Waals surface area contributed by atoms with Crippen LogP contribution in [-0.4, -0.2) is 30.6 Å². The highest BCUT2D eigenvalue weighted by Crippen LogP contribution is 2.16. The Labute approximate surface area is 113 Å². The predicted octanol–water partition coefficient (Wildman–Crippen LogP) is 3.02. The second-order valence-corrected chi connectivity index (χ2v) is 5.66. The fourth-order valence-electron chi connectivity index (χ4n) is 2.45. The molecule has 1 atom stereocenters. The SMILES string of the molecule is CCCC1CNCCN1Cc1ccc(Br)cc1. The highest BCUT2D eigenvalue weighted by molar-refractivity contribution is 9.10. The third kappa shape index (κ3) is 3.80. The van der Waals surface area contributed by atoms with Crippen molar-refractivity contribution >= 4 is 15.9 Å². The number of rotatable bonds is 4. The summed E-state index contributed by atoms with van der Waals surface area (Å²) in [5.74, 6) is 0. The second kappa shape index (κ2) is 6.53. The van der Waals surface area contributed by atoms with Crippen LogP contribution in [0.3, 0.4) is 0 Å². The van der Waals surface area contributed by atoms with Gasteiger partial charge in [-0.15, -0.1) is 0 Å². The van der Waals surface area contributed by atoms with Crippen molar-refractivity contribution in [1.82, 2.24) is 10.2 Å². The van der Waals surface area contributed by atoms with E-state index in [4.69, 9.17) is 0 Å². The fourth-order valence-corrected chi connectivity index (χ4v) is 2.72. The number of halogens is 1. The minimum absolute atomic E-state index is 0.706. The first kappa shape index (κ1) is 13.1. The van der Waals surface area contributed by atoms with Gasteiger partial charge in [0.25, 0.3) is 0 Å². The van der Waals surface area contributed by atoms with Gasteiger partial charge in [-0.05, 0) is 24.1 Å². The first-order chi connectivity index (χ1) is 8.29. The number of piperazine rings is 1. The van der Waals surface area contributed by atoms with Crippen LogP contribution < -0.4 is 5.32 Å². The van der Waals surface area contributed by atoms with E-state index >= 15 is 0 Å². The summed E-state index contributed by atoms with van der Waals surface area (Å²) in [4.78, 5) is 2.61. The quantitative estimate of drug-likeness (QED) is 0.919. The van der Waals surface area contributed by atoms with E-state index in [9.17, 15) is 0 Å². The first-order valence-corrected chi connectivity index (χ1v) is 7.28. The van der Waals surface area contributed by atoms with Gasteiger partial charge in [0.05, 0.1) is 0 Å². The Morgan fingerprint density at radius 3 is 2.82 bits per heavy atom. The van der Waals surface area contributed by atoms with Crippen LogP contribution in [0.4, 0.5) is 0 Å². The lowest BCUT2D eigenvalue weighted by Gasteiger charge is -2.36. The minimum atomic E-state index is 0.706. The van der Waals surface area contributed by atoms with Gasteiger partial charge in [0.1, 0.15) is 0 Å². The predicted molar refractivity (Wildman–Crippen MR) is 76.1 cm³/mol. The molecule has 1 aromatic rings. The molecular weight excluding hydrogens is 276 g/mol.